The SMILES string of the molecule is C1=CC/C=C\CCC/C=C/C/C=C\C1. The topological polar surface area (TPSA) is 0 Å². The van der Waals surface area contributed by atoms with Crippen LogP contribution in [0.3, 0.4) is 0 Å². The lowest BCUT2D eigenvalue weighted by Crippen LogP contribution is -1.71. The normalized spacial score (nSPS) is 26.3. The molecular weight excluding hydrogens is 168 g/mol. The summed E-state index contributed by atoms with van der Waals surface area (Å²) in [5, 5.41) is 0. The van der Waals surface area contributed by atoms with Gasteiger partial charge in [0.1, 0.15) is 0 Å². The molecule has 0 nitrogen and oxygen atoms in total. The molecule has 0 saturated heterocycles. The molecule has 0 aromatic carbocycles. The number of hydrogen-bond acceptors (Lipinski definition) is 0. The summed E-state index contributed by atoms with van der Waals surface area (Å²) < 4.78 is 0. The molecular formula is C14H20. The summed E-state index contributed by atoms with van der Waals surface area (Å²) >= 11 is 0. The van der Waals surface area contributed by atoms with Gasteiger partial charge in [0, 0.05) is 0 Å². The Kier molecular flexibility index (Phi) is 6.74. The van der Waals surface area contributed by atoms with Crippen LogP contribution in [-0.4, -0.2) is 0 Å². The van der Waals surface area contributed by atoms with Crippen molar-refractivity contribution in [2.24, 2.45) is 0 Å². The van der Waals surface area contributed by atoms with Crippen LogP contribution in [0.1, 0.15) is 38.5 Å². The van der Waals surface area contributed by atoms with Gasteiger partial charge in [-0.1, -0.05) is 48.6 Å². The highest BCUT2D eigenvalue weighted by atomic mass is 13.9. The first kappa shape index (κ1) is 11.0. The molecule has 0 heterocycles. The van der Waals surface area contributed by atoms with Crippen LogP contribution in [0.15, 0.2) is 48.6 Å². The zero-order valence-electron chi connectivity index (χ0n) is 8.86. The Hall–Kier alpha value is -1.04. The molecule has 1 rings (SSSR count). The molecule has 0 aliphatic heterocycles. The maximum atomic E-state index is 2.29. The molecule has 0 radical (unpaired) electrons. The summed E-state index contributed by atoms with van der Waals surface area (Å²) in [6.45, 7) is 0. The van der Waals surface area contributed by atoms with Gasteiger partial charge < -0.3 is 0 Å². The van der Waals surface area contributed by atoms with Gasteiger partial charge in [0.15, 0.2) is 0 Å². The van der Waals surface area contributed by atoms with Crippen molar-refractivity contribution in [3.8, 4) is 0 Å². The minimum absolute atomic E-state index is 1.07. The van der Waals surface area contributed by atoms with Crippen molar-refractivity contribution in [2.75, 3.05) is 0 Å². The van der Waals surface area contributed by atoms with Gasteiger partial charge in [-0.3, -0.25) is 0 Å². The van der Waals surface area contributed by atoms with Crippen LogP contribution in [0.2, 0.25) is 0 Å². The smallest absolute Gasteiger partial charge is 0.0169 e. The van der Waals surface area contributed by atoms with Gasteiger partial charge >= 0.3 is 0 Å². The van der Waals surface area contributed by atoms with Crippen LogP contribution in [0.4, 0.5) is 0 Å². The van der Waals surface area contributed by atoms with Gasteiger partial charge in [-0.25, -0.2) is 0 Å². The first-order valence-electron chi connectivity index (χ1n) is 5.60. The standard InChI is InChI=1S/C14H20/c1-2-4-6-8-10-12-14-13-11-9-7-5-3-1/h1-2,5-8,11,13H,3-4,9-10,12,14H2/b2-1-,7-5?,8-6+,13-11-. The van der Waals surface area contributed by atoms with E-state index in [9.17, 15) is 0 Å². The average Bonchev–Trinajstić information content (AvgIpc) is 2.22. The van der Waals surface area contributed by atoms with Gasteiger partial charge in [0.25, 0.3) is 0 Å². The van der Waals surface area contributed by atoms with Crippen molar-refractivity contribution in [2.45, 2.75) is 38.5 Å². The molecule has 14 heavy (non-hydrogen) atoms. The minimum Gasteiger partial charge on any atom is -0.0882 e. The lowest BCUT2D eigenvalue weighted by atomic mass is 10.2. The predicted octanol–water partition coefficient (Wildman–Crippen LogP) is 4.57. The Morgan fingerprint density at radius 2 is 0.786 bits per heavy atom. The molecule has 0 N–H and O–H groups in total. The third kappa shape index (κ3) is 6.47. The van der Waals surface area contributed by atoms with Crippen molar-refractivity contribution in [1.29, 1.82) is 0 Å². The molecule has 0 amide bonds. The quantitative estimate of drug-likeness (QED) is 0.489. The molecule has 0 unspecified atom stereocenters. The Labute approximate surface area is 87.7 Å². The number of rotatable bonds is 0. The van der Waals surface area contributed by atoms with Crippen molar-refractivity contribution in [3.63, 3.8) is 0 Å². The average molecular weight is 188 g/mol. The molecule has 0 aromatic rings. The zero-order chi connectivity index (χ0) is 9.90. The van der Waals surface area contributed by atoms with Crippen molar-refractivity contribution < 1.29 is 0 Å². The van der Waals surface area contributed by atoms with E-state index < -0.39 is 0 Å². The van der Waals surface area contributed by atoms with E-state index in [4.69, 9.17) is 0 Å². The largest absolute Gasteiger partial charge is 0.0882 e. The van der Waals surface area contributed by atoms with Crippen molar-refractivity contribution >= 4 is 0 Å². The Morgan fingerprint density at radius 3 is 1.21 bits per heavy atom. The van der Waals surface area contributed by atoms with Gasteiger partial charge in [-0.05, 0) is 38.5 Å². The Bertz CT molecular complexity index is 204. The zero-order valence-corrected chi connectivity index (χ0v) is 8.86. The van der Waals surface area contributed by atoms with Crippen LogP contribution in [0.5, 0.6) is 0 Å². The molecule has 0 fully saturated rings. The predicted molar refractivity (Wildman–Crippen MR) is 64.3 cm³/mol. The summed E-state index contributed by atoms with van der Waals surface area (Å²) in [5.41, 5.74) is 0. The number of allylic oxidation sites excluding steroid dienone is 8. The molecule has 0 spiro atoms. The van der Waals surface area contributed by atoms with Crippen LogP contribution in [0.25, 0.3) is 0 Å². The molecule has 1 aliphatic carbocycles. The van der Waals surface area contributed by atoms with E-state index in [2.05, 4.69) is 48.6 Å². The second kappa shape index (κ2) is 8.55. The van der Waals surface area contributed by atoms with Gasteiger partial charge in [-0.2, -0.15) is 0 Å². The summed E-state index contributed by atoms with van der Waals surface area (Å²) in [5.74, 6) is 0. The van der Waals surface area contributed by atoms with Crippen LogP contribution in [0, 0.1) is 0 Å². The highest BCUT2D eigenvalue weighted by Gasteiger charge is 1.81. The Balaban J connectivity index is 2.34. The maximum Gasteiger partial charge on any atom is -0.0169 e. The lowest BCUT2D eigenvalue weighted by molar-refractivity contribution is 0.864. The lowest BCUT2D eigenvalue weighted by Gasteiger charge is -1.91. The highest BCUT2D eigenvalue weighted by molar-refractivity contribution is 5.00. The van der Waals surface area contributed by atoms with Crippen LogP contribution < -0.4 is 0 Å². The minimum atomic E-state index is 1.07. The van der Waals surface area contributed by atoms with E-state index in [1.165, 1.54) is 19.3 Å². The fourth-order valence-corrected chi connectivity index (χ4v) is 1.40. The molecule has 0 saturated carbocycles. The van der Waals surface area contributed by atoms with E-state index in [0.29, 0.717) is 0 Å². The summed E-state index contributed by atoms with van der Waals surface area (Å²) in [4.78, 5) is 0. The third-order valence-corrected chi connectivity index (χ3v) is 2.22. The van der Waals surface area contributed by atoms with Gasteiger partial charge in [0.05, 0.1) is 0 Å². The van der Waals surface area contributed by atoms with Crippen LogP contribution in [-0.2, 0) is 0 Å². The molecule has 76 valence electrons. The third-order valence-electron chi connectivity index (χ3n) is 2.22. The molecule has 0 aromatic heterocycles. The molecule has 1 aliphatic rings. The van der Waals surface area contributed by atoms with E-state index in [1.807, 2.05) is 0 Å². The Morgan fingerprint density at radius 1 is 0.429 bits per heavy atom. The second-order valence-electron chi connectivity index (χ2n) is 3.52. The summed E-state index contributed by atoms with van der Waals surface area (Å²) in [6.07, 6.45) is 25.0. The fraction of sp³-hybridized carbons (Fsp3) is 0.429. The number of hydrogen-bond donors (Lipinski definition) is 0. The van der Waals surface area contributed by atoms with E-state index >= 15 is 0 Å². The molecule has 0 atom stereocenters. The fourth-order valence-electron chi connectivity index (χ4n) is 1.40. The van der Waals surface area contributed by atoms with Crippen molar-refractivity contribution in [3.05, 3.63) is 48.6 Å². The highest BCUT2D eigenvalue weighted by Crippen LogP contribution is 2.01. The van der Waals surface area contributed by atoms with Gasteiger partial charge in [-0.15, -0.1) is 0 Å². The summed E-state index contributed by atoms with van der Waals surface area (Å²) in [7, 11) is 0. The maximum absolute atomic E-state index is 2.29. The first-order valence-corrected chi connectivity index (χ1v) is 5.60. The van der Waals surface area contributed by atoms with E-state index in [0.717, 1.165) is 19.3 Å². The van der Waals surface area contributed by atoms with Gasteiger partial charge in [0.2, 0.25) is 0 Å². The second-order valence-corrected chi connectivity index (χ2v) is 3.52. The molecule has 0 bridgehead atoms. The monoisotopic (exact) mass is 188 g/mol. The van der Waals surface area contributed by atoms with Crippen molar-refractivity contribution in [1.82, 2.24) is 0 Å². The first-order chi connectivity index (χ1) is 7.00. The van der Waals surface area contributed by atoms with E-state index in [1.54, 1.807) is 0 Å². The molecule has 0 heteroatoms. The van der Waals surface area contributed by atoms with Crippen LogP contribution >= 0.6 is 0 Å². The summed E-state index contributed by atoms with van der Waals surface area (Å²) in [6, 6.07) is 0. The van der Waals surface area contributed by atoms with E-state index in [-0.39, 0.29) is 0 Å².